The molecule has 0 unspecified atom stereocenters. The molecule has 0 aliphatic carbocycles. The second kappa shape index (κ2) is 5.78. The van der Waals surface area contributed by atoms with Crippen molar-refractivity contribution in [1.82, 2.24) is 0 Å². The number of hydrogen-bond acceptors (Lipinski definition) is 3. The Kier molecular flexibility index (Phi) is 4.57. The van der Waals surface area contributed by atoms with Gasteiger partial charge in [0.15, 0.2) is 0 Å². The number of ether oxygens (including phenoxy) is 1. The zero-order valence-electron chi connectivity index (χ0n) is 8.08. The highest BCUT2D eigenvalue weighted by Crippen LogP contribution is 2.08. The summed E-state index contributed by atoms with van der Waals surface area (Å²) in [4.78, 5) is 0. The van der Waals surface area contributed by atoms with E-state index in [0.717, 1.165) is 31.0 Å². The van der Waals surface area contributed by atoms with Crippen molar-refractivity contribution < 1.29 is 9.15 Å². The van der Waals surface area contributed by atoms with Crippen LogP contribution in [0.3, 0.4) is 0 Å². The molecule has 74 valence electrons. The zero-order chi connectivity index (χ0) is 9.52. The van der Waals surface area contributed by atoms with Crippen LogP contribution in [-0.2, 0) is 17.9 Å². The average molecular weight is 183 g/mol. The van der Waals surface area contributed by atoms with Crippen LogP contribution in [0.15, 0.2) is 16.5 Å². The Morgan fingerprint density at radius 3 is 2.77 bits per heavy atom. The Morgan fingerprint density at radius 2 is 2.15 bits per heavy atom. The van der Waals surface area contributed by atoms with Crippen molar-refractivity contribution in [2.75, 3.05) is 6.61 Å². The molecule has 0 saturated heterocycles. The second-order valence-electron chi connectivity index (χ2n) is 2.98. The molecule has 1 rings (SSSR count). The first-order chi connectivity index (χ1) is 6.36. The van der Waals surface area contributed by atoms with E-state index in [2.05, 4.69) is 6.92 Å². The maximum Gasteiger partial charge on any atom is 0.129 e. The molecule has 13 heavy (non-hydrogen) atoms. The Morgan fingerprint density at radius 1 is 1.38 bits per heavy atom. The normalized spacial score (nSPS) is 10.6. The minimum Gasteiger partial charge on any atom is -0.462 e. The van der Waals surface area contributed by atoms with E-state index in [1.165, 1.54) is 0 Å². The second-order valence-corrected chi connectivity index (χ2v) is 2.98. The highest BCUT2D eigenvalue weighted by Gasteiger charge is 1.99. The van der Waals surface area contributed by atoms with E-state index in [0.29, 0.717) is 13.2 Å². The van der Waals surface area contributed by atoms with Gasteiger partial charge < -0.3 is 14.9 Å². The minimum atomic E-state index is 0.453. The third-order valence-electron chi connectivity index (χ3n) is 1.81. The van der Waals surface area contributed by atoms with Crippen molar-refractivity contribution in [3.63, 3.8) is 0 Å². The number of furan rings is 1. The summed E-state index contributed by atoms with van der Waals surface area (Å²) in [5.74, 6) is 1.67. The third-order valence-corrected chi connectivity index (χ3v) is 1.81. The van der Waals surface area contributed by atoms with Gasteiger partial charge in [0, 0.05) is 6.61 Å². The lowest BCUT2D eigenvalue weighted by atomic mass is 10.4. The van der Waals surface area contributed by atoms with Crippen molar-refractivity contribution in [3.8, 4) is 0 Å². The molecule has 0 fully saturated rings. The van der Waals surface area contributed by atoms with Crippen LogP contribution in [0.2, 0.25) is 0 Å². The van der Waals surface area contributed by atoms with Gasteiger partial charge in [-0.15, -0.1) is 0 Å². The molecule has 2 N–H and O–H groups in total. The quantitative estimate of drug-likeness (QED) is 0.687. The molecule has 1 aromatic rings. The molecule has 0 saturated carbocycles. The lowest BCUT2D eigenvalue weighted by Crippen LogP contribution is -1.95. The summed E-state index contributed by atoms with van der Waals surface area (Å²) in [7, 11) is 0. The summed E-state index contributed by atoms with van der Waals surface area (Å²) in [5.41, 5.74) is 5.40. The Balaban J connectivity index is 2.20. The first-order valence-corrected chi connectivity index (χ1v) is 4.72. The van der Waals surface area contributed by atoms with Crippen LogP contribution in [0.5, 0.6) is 0 Å². The first-order valence-electron chi connectivity index (χ1n) is 4.72. The van der Waals surface area contributed by atoms with E-state index in [4.69, 9.17) is 14.9 Å². The molecular weight excluding hydrogens is 166 g/mol. The summed E-state index contributed by atoms with van der Waals surface area (Å²) in [6.45, 7) is 3.95. The smallest absolute Gasteiger partial charge is 0.129 e. The molecule has 0 radical (unpaired) electrons. The van der Waals surface area contributed by atoms with Crippen LogP contribution < -0.4 is 5.73 Å². The van der Waals surface area contributed by atoms with Gasteiger partial charge in [0.05, 0.1) is 6.54 Å². The van der Waals surface area contributed by atoms with E-state index in [9.17, 15) is 0 Å². The molecular formula is C10H17NO2. The lowest BCUT2D eigenvalue weighted by Gasteiger charge is -1.99. The number of hydrogen-bond donors (Lipinski definition) is 1. The van der Waals surface area contributed by atoms with Crippen molar-refractivity contribution >= 4 is 0 Å². The fraction of sp³-hybridized carbons (Fsp3) is 0.600. The van der Waals surface area contributed by atoms with Gasteiger partial charge in [-0.2, -0.15) is 0 Å². The summed E-state index contributed by atoms with van der Waals surface area (Å²) in [6, 6.07) is 3.80. The molecule has 0 bridgehead atoms. The molecule has 0 aliphatic heterocycles. The van der Waals surface area contributed by atoms with Crippen molar-refractivity contribution in [3.05, 3.63) is 23.7 Å². The minimum absolute atomic E-state index is 0.453. The van der Waals surface area contributed by atoms with Gasteiger partial charge in [-0.25, -0.2) is 0 Å². The predicted octanol–water partition coefficient (Wildman–Crippen LogP) is 2.06. The Labute approximate surface area is 78.9 Å². The summed E-state index contributed by atoms with van der Waals surface area (Å²) < 4.78 is 10.7. The van der Waals surface area contributed by atoms with Crippen LogP contribution in [0.1, 0.15) is 31.3 Å². The maximum atomic E-state index is 5.40. The van der Waals surface area contributed by atoms with E-state index in [1.807, 2.05) is 12.1 Å². The van der Waals surface area contributed by atoms with Gasteiger partial charge in [0.25, 0.3) is 0 Å². The molecule has 0 spiro atoms. The van der Waals surface area contributed by atoms with Crippen LogP contribution in [0, 0.1) is 0 Å². The van der Waals surface area contributed by atoms with Crippen molar-refractivity contribution in [1.29, 1.82) is 0 Å². The van der Waals surface area contributed by atoms with Crippen LogP contribution in [0.4, 0.5) is 0 Å². The maximum absolute atomic E-state index is 5.40. The number of nitrogens with two attached hydrogens (primary N) is 1. The van der Waals surface area contributed by atoms with Crippen molar-refractivity contribution in [2.24, 2.45) is 5.73 Å². The summed E-state index contributed by atoms with van der Waals surface area (Å²) in [5, 5.41) is 0. The standard InChI is InChI=1S/C10H17NO2/c1-2-3-6-12-8-10-5-4-9(7-11)13-10/h4-5H,2-3,6-8,11H2,1H3. The molecule has 1 aromatic heterocycles. The van der Waals surface area contributed by atoms with Crippen molar-refractivity contribution in [2.45, 2.75) is 32.9 Å². The fourth-order valence-electron chi connectivity index (χ4n) is 1.03. The van der Waals surface area contributed by atoms with E-state index < -0.39 is 0 Å². The highest BCUT2D eigenvalue weighted by molar-refractivity contribution is 5.05. The molecule has 3 heteroatoms. The van der Waals surface area contributed by atoms with E-state index >= 15 is 0 Å². The van der Waals surface area contributed by atoms with Crippen LogP contribution in [0.25, 0.3) is 0 Å². The monoisotopic (exact) mass is 183 g/mol. The summed E-state index contributed by atoms with van der Waals surface area (Å²) >= 11 is 0. The lowest BCUT2D eigenvalue weighted by molar-refractivity contribution is 0.103. The first kappa shape index (κ1) is 10.3. The Bertz CT molecular complexity index is 233. The molecule has 0 aromatic carbocycles. The molecule has 0 amide bonds. The van der Waals surface area contributed by atoms with Gasteiger partial charge in [-0.3, -0.25) is 0 Å². The van der Waals surface area contributed by atoms with Gasteiger partial charge >= 0.3 is 0 Å². The van der Waals surface area contributed by atoms with Gasteiger partial charge in [-0.05, 0) is 18.6 Å². The zero-order valence-corrected chi connectivity index (χ0v) is 8.08. The molecule has 0 atom stereocenters. The van der Waals surface area contributed by atoms with Crippen LogP contribution >= 0.6 is 0 Å². The molecule has 0 aliphatic rings. The largest absolute Gasteiger partial charge is 0.462 e. The Hall–Kier alpha value is -0.800. The van der Waals surface area contributed by atoms with Gasteiger partial charge in [0.1, 0.15) is 18.1 Å². The predicted molar refractivity (Wildman–Crippen MR) is 51.2 cm³/mol. The fourth-order valence-corrected chi connectivity index (χ4v) is 1.03. The third kappa shape index (κ3) is 3.61. The van der Waals surface area contributed by atoms with Gasteiger partial charge in [0.2, 0.25) is 0 Å². The topological polar surface area (TPSA) is 48.4 Å². The number of rotatable bonds is 6. The van der Waals surface area contributed by atoms with E-state index in [1.54, 1.807) is 0 Å². The average Bonchev–Trinajstić information content (AvgIpc) is 2.60. The summed E-state index contributed by atoms with van der Waals surface area (Å²) in [6.07, 6.45) is 2.26. The van der Waals surface area contributed by atoms with E-state index in [-0.39, 0.29) is 0 Å². The van der Waals surface area contributed by atoms with Crippen LogP contribution in [-0.4, -0.2) is 6.61 Å². The van der Waals surface area contributed by atoms with Gasteiger partial charge in [-0.1, -0.05) is 13.3 Å². The molecule has 1 heterocycles. The highest BCUT2D eigenvalue weighted by atomic mass is 16.5. The number of unbranched alkanes of at least 4 members (excludes halogenated alkanes) is 1. The molecule has 3 nitrogen and oxygen atoms in total. The SMILES string of the molecule is CCCCOCc1ccc(CN)o1.